The summed E-state index contributed by atoms with van der Waals surface area (Å²) >= 11 is 0. The van der Waals surface area contributed by atoms with E-state index in [0.717, 1.165) is 11.3 Å². The van der Waals surface area contributed by atoms with Crippen molar-refractivity contribution in [2.75, 3.05) is 44.7 Å². The molecule has 1 amide bonds. The summed E-state index contributed by atoms with van der Waals surface area (Å²) in [6.45, 7) is 2.10. The first-order valence-corrected chi connectivity index (χ1v) is 10.7. The van der Waals surface area contributed by atoms with E-state index in [2.05, 4.69) is 0 Å². The first-order chi connectivity index (χ1) is 13.5. The van der Waals surface area contributed by atoms with E-state index < -0.39 is 10.0 Å². The highest BCUT2D eigenvalue weighted by Gasteiger charge is 2.26. The van der Waals surface area contributed by atoms with Crippen molar-refractivity contribution >= 4 is 27.7 Å². The number of carbonyl (C=O) groups is 1. The van der Waals surface area contributed by atoms with E-state index in [1.165, 1.54) is 9.71 Å². The summed E-state index contributed by atoms with van der Waals surface area (Å²) in [6, 6.07) is 18.8. The van der Waals surface area contributed by atoms with Gasteiger partial charge in [0.1, 0.15) is 0 Å². The molecule has 6 nitrogen and oxygen atoms in total. The van der Waals surface area contributed by atoms with E-state index in [1.807, 2.05) is 65.6 Å². The van der Waals surface area contributed by atoms with Crippen LogP contribution in [-0.2, 0) is 14.8 Å². The van der Waals surface area contributed by atoms with Crippen molar-refractivity contribution in [3.8, 4) is 0 Å². The van der Waals surface area contributed by atoms with Gasteiger partial charge in [0.05, 0.1) is 6.54 Å². The van der Waals surface area contributed by atoms with Crippen LogP contribution in [0.3, 0.4) is 0 Å². The highest BCUT2D eigenvalue weighted by atomic mass is 32.2. The molecule has 0 unspecified atom stereocenters. The second-order valence-electron chi connectivity index (χ2n) is 6.72. The maximum atomic E-state index is 12.5. The molecule has 2 aromatic carbocycles. The average molecular weight is 400 g/mol. The second kappa shape index (κ2) is 9.14. The highest BCUT2D eigenvalue weighted by Crippen LogP contribution is 2.14. The molecule has 1 heterocycles. The summed E-state index contributed by atoms with van der Waals surface area (Å²) in [7, 11) is -1.71. The van der Waals surface area contributed by atoms with Crippen molar-refractivity contribution in [3.05, 3.63) is 71.6 Å². The number of nitrogens with zero attached hydrogens (tertiary/aromatic N) is 3. The molecule has 3 rings (SSSR count). The summed E-state index contributed by atoms with van der Waals surface area (Å²) in [5, 5.41) is 1.26. The summed E-state index contributed by atoms with van der Waals surface area (Å²) in [5.41, 5.74) is 1.69. The predicted molar refractivity (Wildman–Crippen MR) is 112 cm³/mol. The molecule has 0 aliphatic carbocycles. The van der Waals surface area contributed by atoms with Crippen molar-refractivity contribution in [1.29, 1.82) is 0 Å². The standard InChI is InChI=1S/C21H25N3O3S/c1-22(20-10-6-3-7-11-20)21(25)18-23-13-15-24(16-14-23)28(26,27)17-12-19-8-4-2-5-9-19/h2-12,17H,13-16,18H2,1H3/b17-12+. The minimum Gasteiger partial charge on any atom is -0.314 e. The smallest absolute Gasteiger partial charge is 0.240 e. The van der Waals surface area contributed by atoms with Gasteiger partial charge in [-0.05, 0) is 23.8 Å². The largest absolute Gasteiger partial charge is 0.314 e. The molecule has 0 atom stereocenters. The highest BCUT2D eigenvalue weighted by molar-refractivity contribution is 7.92. The van der Waals surface area contributed by atoms with Crippen LogP contribution < -0.4 is 4.90 Å². The van der Waals surface area contributed by atoms with Gasteiger partial charge in [0.25, 0.3) is 0 Å². The minimum absolute atomic E-state index is 0.00789. The second-order valence-corrected chi connectivity index (χ2v) is 8.54. The molecule has 148 valence electrons. The van der Waals surface area contributed by atoms with Gasteiger partial charge in [-0.1, -0.05) is 48.5 Å². The van der Waals surface area contributed by atoms with Crippen molar-refractivity contribution in [2.24, 2.45) is 0 Å². The van der Waals surface area contributed by atoms with Crippen LogP contribution >= 0.6 is 0 Å². The lowest BCUT2D eigenvalue weighted by Crippen LogP contribution is -2.50. The zero-order valence-electron chi connectivity index (χ0n) is 15.9. The van der Waals surface area contributed by atoms with Gasteiger partial charge in [-0.3, -0.25) is 9.69 Å². The Kier molecular flexibility index (Phi) is 6.61. The van der Waals surface area contributed by atoms with E-state index in [-0.39, 0.29) is 12.5 Å². The molecule has 28 heavy (non-hydrogen) atoms. The third-order valence-electron chi connectivity index (χ3n) is 4.80. The molecule has 0 aromatic heterocycles. The Hall–Kier alpha value is -2.48. The van der Waals surface area contributed by atoms with Gasteiger partial charge < -0.3 is 4.90 Å². The Morgan fingerprint density at radius 2 is 1.54 bits per heavy atom. The number of piperazine rings is 1. The number of hydrogen-bond donors (Lipinski definition) is 0. The molecule has 1 saturated heterocycles. The van der Waals surface area contributed by atoms with Gasteiger partial charge in [-0.15, -0.1) is 0 Å². The average Bonchev–Trinajstić information content (AvgIpc) is 2.73. The summed E-state index contributed by atoms with van der Waals surface area (Å²) in [4.78, 5) is 16.1. The van der Waals surface area contributed by atoms with Crippen LogP contribution in [-0.4, -0.2) is 63.3 Å². The van der Waals surface area contributed by atoms with Crippen molar-refractivity contribution in [3.63, 3.8) is 0 Å². The lowest BCUT2D eigenvalue weighted by Gasteiger charge is -2.33. The summed E-state index contributed by atoms with van der Waals surface area (Å²) in [5.74, 6) is -0.00789. The number of carbonyl (C=O) groups excluding carboxylic acids is 1. The van der Waals surface area contributed by atoms with Crippen molar-refractivity contribution in [1.82, 2.24) is 9.21 Å². The molecule has 2 aromatic rings. The fourth-order valence-corrected chi connectivity index (χ4v) is 4.22. The van der Waals surface area contributed by atoms with Crippen molar-refractivity contribution < 1.29 is 13.2 Å². The Balaban J connectivity index is 1.52. The van der Waals surface area contributed by atoms with Crippen molar-refractivity contribution in [2.45, 2.75) is 0 Å². The zero-order chi connectivity index (χ0) is 20.0. The number of amides is 1. The van der Waals surface area contributed by atoms with Gasteiger partial charge in [0.2, 0.25) is 15.9 Å². The molecule has 0 spiro atoms. The summed E-state index contributed by atoms with van der Waals surface area (Å²) < 4.78 is 26.5. The lowest BCUT2D eigenvalue weighted by molar-refractivity contribution is -0.119. The van der Waals surface area contributed by atoms with Gasteiger partial charge >= 0.3 is 0 Å². The van der Waals surface area contributed by atoms with Crippen LogP contribution in [0.4, 0.5) is 5.69 Å². The fourth-order valence-electron chi connectivity index (χ4n) is 3.05. The molecule has 1 aliphatic heterocycles. The van der Waals surface area contributed by atoms with Crippen LogP contribution in [0, 0.1) is 0 Å². The lowest BCUT2D eigenvalue weighted by atomic mass is 10.2. The number of sulfonamides is 1. The van der Waals surface area contributed by atoms with Gasteiger partial charge in [-0.25, -0.2) is 8.42 Å². The van der Waals surface area contributed by atoms with Gasteiger partial charge in [0.15, 0.2) is 0 Å². The van der Waals surface area contributed by atoms with Gasteiger partial charge in [-0.2, -0.15) is 4.31 Å². The normalized spacial score (nSPS) is 16.3. The van der Waals surface area contributed by atoms with E-state index in [0.29, 0.717) is 26.2 Å². The number of anilines is 1. The van der Waals surface area contributed by atoms with Crippen LogP contribution in [0.5, 0.6) is 0 Å². The number of benzene rings is 2. The molecule has 1 aliphatic rings. The van der Waals surface area contributed by atoms with Crippen LogP contribution in [0.15, 0.2) is 66.1 Å². The SMILES string of the molecule is CN(C(=O)CN1CCN(S(=O)(=O)/C=C/c2ccccc2)CC1)c1ccccc1. The molecular weight excluding hydrogens is 374 g/mol. The zero-order valence-corrected chi connectivity index (χ0v) is 16.8. The summed E-state index contributed by atoms with van der Waals surface area (Å²) in [6.07, 6.45) is 1.61. The molecule has 0 bridgehead atoms. The van der Waals surface area contributed by atoms with E-state index in [4.69, 9.17) is 0 Å². The first-order valence-electron chi connectivity index (χ1n) is 9.23. The minimum atomic E-state index is -3.46. The van der Waals surface area contributed by atoms with E-state index in [9.17, 15) is 13.2 Å². The maximum absolute atomic E-state index is 12.5. The Labute approximate surface area is 166 Å². The van der Waals surface area contributed by atoms with Gasteiger partial charge in [0, 0.05) is 44.3 Å². The third kappa shape index (κ3) is 5.28. The maximum Gasteiger partial charge on any atom is 0.240 e. The molecule has 1 fully saturated rings. The first kappa shape index (κ1) is 20.3. The predicted octanol–water partition coefficient (Wildman–Crippen LogP) is 2.27. The number of rotatable bonds is 6. The molecular formula is C21H25N3O3S. The van der Waals surface area contributed by atoms with E-state index in [1.54, 1.807) is 18.0 Å². The van der Waals surface area contributed by atoms with E-state index >= 15 is 0 Å². The molecule has 0 N–H and O–H groups in total. The van der Waals surface area contributed by atoms with Crippen LogP contribution in [0.1, 0.15) is 5.56 Å². The Morgan fingerprint density at radius 3 is 2.14 bits per heavy atom. The number of likely N-dealkylation sites (N-methyl/N-ethyl adjacent to an activating group) is 1. The fraction of sp³-hybridized carbons (Fsp3) is 0.286. The van der Waals surface area contributed by atoms with Crippen LogP contribution in [0.25, 0.3) is 6.08 Å². The monoisotopic (exact) mass is 399 g/mol. The van der Waals surface area contributed by atoms with Crippen LogP contribution in [0.2, 0.25) is 0 Å². The molecule has 0 radical (unpaired) electrons. The molecule has 0 saturated carbocycles. The quantitative estimate of drug-likeness (QED) is 0.748. The number of hydrogen-bond acceptors (Lipinski definition) is 4. The number of para-hydroxylation sites is 1. The Morgan fingerprint density at radius 1 is 0.964 bits per heavy atom. The Bertz CT molecular complexity index is 906. The third-order valence-corrected chi connectivity index (χ3v) is 6.36. The molecule has 7 heteroatoms. The topological polar surface area (TPSA) is 60.9 Å².